The summed E-state index contributed by atoms with van der Waals surface area (Å²) in [6.45, 7) is 0. The first kappa shape index (κ1) is 8.88. The zero-order valence-corrected chi connectivity index (χ0v) is 8.27. The van der Waals surface area contributed by atoms with Crippen molar-refractivity contribution < 1.29 is 4.79 Å². The van der Waals surface area contributed by atoms with Crippen LogP contribution in [0.5, 0.6) is 0 Å². The van der Waals surface area contributed by atoms with E-state index in [1.807, 2.05) is 24.0 Å². The summed E-state index contributed by atoms with van der Waals surface area (Å²) < 4.78 is 0. The third kappa shape index (κ3) is 2.37. The molecule has 0 amide bonds. The van der Waals surface area contributed by atoms with Gasteiger partial charge in [0.25, 0.3) is 0 Å². The van der Waals surface area contributed by atoms with Crippen LogP contribution in [-0.4, -0.2) is 16.0 Å². The Morgan fingerprint density at radius 2 is 2.15 bits per heavy atom. The second kappa shape index (κ2) is 4.01. The Balaban J connectivity index is 1.86. The molecule has 1 N–H and O–H groups in total. The molecule has 0 bridgehead atoms. The largest absolute Gasteiger partial charge is 0.356 e. The fourth-order valence-electron chi connectivity index (χ4n) is 1.60. The molecule has 0 aliphatic heterocycles. The highest BCUT2D eigenvalue weighted by molar-refractivity contribution is 7.99. The number of hydrogen-bond acceptors (Lipinski definition) is 2. The Bertz CT molecular complexity index is 271. The molecule has 1 aromatic rings. The van der Waals surface area contributed by atoms with Crippen LogP contribution in [0, 0.1) is 0 Å². The van der Waals surface area contributed by atoms with Crippen molar-refractivity contribution >= 4 is 17.5 Å². The number of hydrogen-bond donors (Lipinski definition) is 1. The number of aromatic nitrogens is 1. The number of carbonyl (C=O) groups is 1. The number of nitrogens with one attached hydrogen (secondary N) is 1. The highest BCUT2D eigenvalue weighted by Crippen LogP contribution is 2.31. The smallest absolute Gasteiger partial charge is 0.132 e. The van der Waals surface area contributed by atoms with Gasteiger partial charge in [0.1, 0.15) is 5.78 Å². The van der Waals surface area contributed by atoms with Crippen LogP contribution in [0.1, 0.15) is 25.7 Å². The summed E-state index contributed by atoms with van der Waals surface area (Å²) >= 11 is 1.87. The normalized spacial score (nSPS) is 19.2. The third-order valence-corrected chi connectivity index (χ3v) is 3.67. The van der Waals surface area contributed by atoms with E-state index in [0.717, 1.165) is 25.7 Å². The molecule has 1 aliphatic rings. The molecule has 2 nitrogen and oxygen atoms in total. The van der Waals surface area contributed by atoms with Crippen LogP contribution in [0.15, 0.2) is 23.4 Å². The van der Waals surface area contributed by atoms with E-state index in [2.05, 4.69) is 11.1 Å². The van der Waals surface area contributed by atoms with Crippen molar-refractivity contribution in [1.29, 1.82) is 0 Å². The standard InChI is InChI=1S/C10H13NOS/c12-8-3-5-9(6-4-8)13-10-2-1-7-11-10/h1-2,7,9,11H,3-6H2. The average molecular weight is 195 g/mol. The Morgan fingerprint density at radius 3 is 2.77 bits per heavy atom. The van der Waals surface area contributed by atoms with Gasteiger partial charge in [0, 0.05) is 24.3 Å². The minimum absolute atomic E-state index is 0.434. The SMILES string of the molecule is O=C1CCC(Sc2ccc[nH]2)CC1. The van der Waals surface area contributed by atoms with Gasteiger partial charge in [-0.25, -0.2) is 0 Å². The molecule has 0 radical (unpaired) electrons. The highest BCUT2D eigenvalue weighted by Gasteiger charge is 2.19. The van der Waals surface area contributed by atoms with Crippen molar-refractivity contribution in [3.63, 3.8) is 0 Å². The predicted molar refractivity (Wildman–Crippen MR) is 53.9 cm³/mol. The van der Waals surface area contributed by atoms with Crippen LogP contribution >= 0.6 is 11.8 Å². The van der Waals surface area contributed by atoms with Crippen LogP contribution in [0.2, 0.25) is 0 Å². The third-order valence-electron chi connectivity index (χ3n) is 2.35. The van der Waals surface area contributed by atoms with E-state index in [0.29, 0.717) is 11.0 Å². The summed E-state index contributed by atoms with van der Waals surface area (Å²) in [5.74, 6) is 0.434. The monoisotopic (exact) mass is 195 g/mol. The van der Waals surface area contributed by atoms with Crippen molar-refractivity contribution in [3.8, 4) is 0 Å². The lowest BCUT2D eigenvalue weighted by molar-refractivity contribution is -0.120. The summed E-state index contributed by atoms with van der Waals surface area (Å²) in [7, 11) is 0. The van der Waals surface area contributed by atoms with Crippen molar-refractivity contribution in [3.05, 3.63) is 18.3 Å². The molecule has 2 rings (SSSR count). The van der Waals surface area contributed by atoms with E-state index in [9.17, 15) is 4.79 Å². The molecule has 1 aromatic heterocycles. The molecule has 1 saturated carbocycles. The van der Waals surface area contributed by atoms with Crippen LogP contribution in [0.4, 0.5) is 0 Å². The van der Waals surface area contributed by atoms with Gasteiger partial charge in [-0.05, 0) is 25.0 Å². The van der Waals surface area contributed by atoms with E-state index in [-0.39, 0.29) is 0 Å². The molecule has 70 valence electrons. The maximum atomic E-state index is 11.0. The van der Waals surface area contributed by atoms with Gasteiger partial charge >= 0.3 is 0 Å². The Morgan fingerprint density at radius 1 is 1.38 bits per heavy atom. The van der Waals surface area contributed by atoms with Crippen molar-refractivity contribution in [2.75, 3.05) is 0 Å². The van der Waals surface area contributed by atoms with Gasteiger partial charge in [0.15, 0.2) is 0 Å². The maximum Gasteiger partial charge on any atom is 0.132 e. The molecule has 1 aliphatic carbocycles. The van der Waals surface area contributed by atoms with Gasteiger partial charge in [-0.3, -0.25) is 4.79 Å². The lowest BCUT2D eigenvalue weighted by Crippen LogP contribution is -2.15. The number of thioether (sulfide) groups is 1. The average Bonchev–Trinajstić information content (AvgIpc) is 2.62. The van der Waals surface area contributed by atoms with E-state index in [1.165, 1.54) is 5.03 Å². The molecule has 0 spiro atoms. The first-order valence-corrected chi connectivity index (χ1v) is 5.54. The molecule has 3 heteroatoms. The van der Waals surface area contributed by atoms with Crippen LogP contribution < -0.4 is 0 Å². The maximum absolute atomic E-state index is 11.0. The quantitative estimate of drug-likeness (QED) is 0.786. The minimum atomic E-state index is 0.434. The van der Waals surface area contributed by atoms with E-state index >= 15 is 0 Å². The van der Waals surface area contributed by atoms with Gasteiger partial charge in [0.2, 0.25) is 0 Å². The van der Waals surface area contributed by atoms with Crippen molar-refractivity contribution in [1.82, 2.24) is 4.98 Å². The minimum Gasteiger partial charge on any atom is -0.356 e. The molecular formula is C10H13NOS. The predicted octanol–water partition coefficient (Wildman–Crippen LogP) is 2.62. The lowest BCUT2D eigenvalue weighted by atomic mass is 9.99. The van der Waals surface area contributed by atoms with Crippen LogP contribution in [0.25, 0.3) is 0 Å². The molecule has 0 saturated heterocycles. The second-order valence-corrected chi connectivity index (χ2v) is 4.73. The Labute approximate surface area is 82.1 Å². The van der Waals surface area contributed by atoms with Gasteiger partial charge < -0.3 is 4.98 Å². The number of rotatable bonds is 2. The van der Waals surface area contributed by atoms with E-state index in [1.54, 1.807) is 0 Å². The summed E-state index contributed by atoms with van der Waals surface area (Å²) in [5, 5.41) is 1.86. The fraction of sp³-hybridized carbons (Fsp3) is 0.500. The number of H-pyrrole nitrogens is 1. The highest BCUT2D eigenvalue weighted by atomic mass is 32.2. The zero-order valence-electron chi connectivity index (χ0n) is 7.45. The van der Waals surface area contributed by atoms with Gasteiger partial charge in [0.05, 0.1) is 5.03 Å². The lowest BCUT2D eigenvalue weighted by Gasteiger charge is -2.19. The molecule has 13 heavy (non-hydrogen) atoms. The molecule has 0 unspecified atom stereocenters. The van der Waals surface area contributed by atoms with E-state index in [4.69, 9.17) is 0 Å². The summed E-state index contributed by atoms with van der Waals surface area (Å²) in [6.07, 6.45) is 5.58. The van der Waals surface area contributed by atoms with Gasteiger partial charge in [-0.1, -0.05) is 0 Å². The summed E-state index contributed by atoms with van der Waals surface area (Å²) in [4.78, 5) is 14.2. The number of aromatic amines is 1. The van der Waals surface area contributed by atoms with Gasteiger partial charge in [-0.15, -0.1) is 11.8 Å². The molecular weight excluding hydrogens is 182 g/mol. The zero-order chi connectivity index (χ0) is 9.10. The van der Waals surface area contributed by atoms with Crippen LogP contribution in [0.3, 0.4) is 0 Å². The molecule has 1 heterocycles. The molecule has 0 aromatic carbocycles. The van der Waals surface area contributed by atoms with Crippen molar-refractivity contribution in [2.45, 2.75) is 36.0 Å². The topological polar surface area (TPSA) is 32.9 Å². The van der Waals surface area contributed by atoms with Crippen LogP contribution in [-0.2, 0) is 4.79 Å². The number of ketones is 1. The van der Waals surface area contributed by atoms with Crippen molar-refractivity contribution in [2.24, 2.45) is 0 Å². The number of Topliss-reactive ketones (excluding diaryl/α,β-unsaturated/α-hetero) is 1. The molecule has 0 atom stereocenters. The first-order chi connectivity index (χ1) is 6.34. The fourth-order valence-corrected chi connectivity index (χ4v) is 2.72. The second-order valence-electron chi connectivity index (χ2n) is 3.39. The summed E-state index contributed by atoms with van der Waals surface area (Å²) in [5.41, 5.74) is 0. The Hall–Kier alpha value is -0.700. The number of carbonyl (C=O) groups excluding carboxylic acids is 1. The Kier molecular flexibility index (Phi) is 2.74. The summed E-state index contributed by atoms with van der Waals surface area (Å²) in [6, 6.07) is 4.09. The van der Waals surface area contributed by atoms with E-state index < -0.39 is 0 Å². The van der Waals surface area contributed by atoms with Gasteiger partial charge in [-0.2, -0.15) is 0 Å². The first-order valence-electron chi connectivity index (χ1n) is 4.66. The molecule has 1 fully saturated rings.